The molecule has 1 atom stereocenters. The fourth-order valence-electron chi connectivity index (χ4n) is 10.6. The molecule has 1 unspecified atom stereocenters. The van der Waals surface area contributed by atoms with E-state index in [1.807, 2.05) is 0 Å². The molecule has 83 heavy (non-hydrogen) atoms. The van der Waals surface area contributed by atoms with E-state index in [0.717, 1.165) is 109 Å². The summed E-state index contributed by atoms with van der Waals surface area (Å²) in [5.74, 6) is -0.896. The lowest BCUT2D eigenvalue weighted by Crippen LogP contribution is -2.30. The van der Waals surface area contributed by atoms with Crippen LogP contribution in [0, 0.1) is 0 Å². The van der Waals surface area contributed by atoms with Crippen molar-refractivity contribution in [2.24, 2.45) is 0 Å². The van der Waals surface area contributed by atoms with Crippen molar-refractivity contribution >= 4 is 17.9 Å². The molecule has 6 heteroatoms. The molecule has 0 rings (SSSR count). The van der Waals surface area contributed by atoms with Gasteiger partial charge in [0.15, 0.2) is 6.10 Å². The normalized spacial score (nSPS) is 12.6. The van der Waals surface area contributed by atoms with Gasteiger partial charge in [-0.15, -0.1) is 0 Å². The molecule has 0 spiro atoms. The summed E-state index contributed by atoms with van der Waals surface area (Å²) >= 11 is 0. The minimum atomic E-state index is -0.790. The van der Waals surface area contributed by atoms with E-state index in [-0.39, 0.29) is 31.1 Å². The van der Waals surface area contributed by atoms with Gasteiger partial charge in [0.05, 0.1) is 0 Å². The summed E-state index contributed by atoms with van der Waals surface area (Å²) in [7, 11) is 0. The number of rotatable bonds is 66. The molecular formula is C77H136O6. The number of ether oxygens (including phenoxy) is 3. The molecule has 0 aliphatic carbocycles. The fourth-order valence-corrected chi connectivity index (χ4v) is 10.6. The third kappa shape index (κ3) is 69.3. The monoisotopic (exact) mass is 1160 g/mol. The Kier molecular flexibility index (Phi) is 68.2. The van der Waals surface area contributed by atoms with Crippen molar-refractivity contribution in [3.05, 3.63) is 85.1 Å². The van der Waals surface area contributed by atoms with Gasteiger partial charge in [0.2, 0.25) is 0 Å². The Labute approximate surface area is 515 Å². The molecule has 0 aromatic rings. The molecule has 6 nitrogen and oxygen atoms in total. The van der Waals surface area contributed by atoms with Crippen molar-refractivity contribution in [2.45, 2.75) is 374 Å². The van der Waals surface area contributed by atoms with Gasteiger partial charge in [-0.2, -0.15) is 0 Å². The predicted molar refractivity (Wildman–Crippen MR) is 362 cm³/mol. The minimum absolute atomic E-state index is 0.0830. The summed E-state index contributed by atoms with van der Waals surface area (Å²) in [6.07, 6.45) is 94.9. The number of carbonyl (C=O) groups excluding carboxylic acids is 3. The summed E-state index contributed by atoms with van der Waals surface area (Å²) < 4.78 is 17.0. The van der Waals surface area contributed by atoms with E-state index in [4.69, 9.17) is 14.2 Å². The van der Waals surface area contributed by atoms with Crippen molar-refractivity contribution in [1.29, 1.82) is 0 Å². The quantitative estimate of drug-likeness (QED) is 0.0261. The van der Waals surface area contributed by atoms with E-state index in [1.54, 1.807) is 0 Å². The van der Waals surface area contributed by atoms with Crippen LogP contribution in [-0.2, 0) is 28.6 Å². The second-order valence-corrected chi connectivity index (χ2v) is 24.1. The lowest BCUT2D eigenvalue weighted by Gasteiger charge is -2.18. The third-order valence-electron chi connectivity index (χ3n) is 15.9. The van der Waals surface area contributed by atoms with Crippen molar-refractivity contribution in [3.63, 3.8) is 0 Å². The van der Waals surface area contributed by atoms with Crippen LogP contribution >= 0.6 is 0 Å². The van der Waals surface area contributed by atoms with Gasteiger partial charge in [-0.3, -0.25) is 14.4 Å². The lowest BCUT2D eigenvalue weighted by molar-refractivity contribution is -0.167. The van der Waals surface area contributed by atoms with Crippen LogP contribution < -0.4 is 0 Å². The third-order valence-corrected chi connectivity index (χ3v) is 15.9. The number of carbonyl (C=O) groups is 3. The molecule has 0 saturated carbocycles. The number of allylic oxidation sites excluding steroid dienone is 14. The van der Waals surface area contributed by atoms with Crippen LogP contribution in [0.3, 0.4) is 0 Å². The molecule has 0 aliphatic rings. The number of esters is 3. The highest BCUT2D eigenvalue weighted by Gasteiger charge is 2.19. The highest BCUT2D eigenvalue weighted by atomic mass is 16.6. The van der Waals surface area contributed by atoms with Crippen molar-refractivity contribution in [3.8, 4) is 0 Å². The molecule has 0 radical (unpaired) electrons. The number of unbranched alkanes of at least 4 members (excludes halogenated alkanes) is 41. The molecular weight excluding hydrogens is 1020 g/mol. The Bertz CT molecular complexity index is 1570. The van der Waals surface area contributed by atoms with Gasteiger partial charge in [-0.25, -0.2) is 0 Å². The van der Waals surface area contributed by atoms with Crippen LogP contribution in [0.25, 0.3) is 0 Å². The zero-order chi connectivity index (χ0) is 59.9. The van der Waals surface area contributed by atoms with Crippen LogP contribution in [0.4, 0.5) is 0 Å². The van der Waals surface area contributed by atoms with E-state index >= 15 is 0 Å². The highest BCUT2D eigenvalue weighted by Crippen LogP contribution is 2.18. The maximum absolute atomic E-state index is 13.0. The molecule has 0 aromatic carbocycles. The maximum Gasteiger partial charge on any atom is 0.306 e. The van der Waals surface area contributed by atoms with Crippen LogP contribution in [-0.4, -0.2) is 37.2 Å². The number of hydrogen-bond donors (Lipinski definition) is 0. The van der Waals surface area contributed by atoms with Gasteiger partial charge in [0.1, 0.15) is 13.2 Å². The summed E-state index contributed by atoms with van der Waals surface area (Å²) in [5.41, 5.74) is 0. The largest absolute Gasteiger partial charge is 0.462 e. The molecule has 0 fully saturated rings. The van der Waals surface area contributed by atoms with Crippen LogP contribution in [0.2, 0.25) is 0 Å². The van der Waals surface area contributed by atoms with Gasteiger partial charge >= 0.3 is 17.9 Å². The minimum Gasteiger partial charge on any atom is -0.462 e. The SMILES string of the molecule is CC/C=C\C/C=C\C/C=C\C/C=C\CCCCCCCCCCCCCCC(=O)OC(COC(=O)CCCCC/C=C\C/C=C\C/C=C\CC)COC(=O)CCCCCCCCCCCCCCCCCCCCCCCCCCCCC. The first-order valence-corrected chi connectivity index (χ1v) is 36.1. The standard InChI is InChI=1S/C77H136O6/c1-4-7-10-13-16-19-22-25-27-29-31-33-35-37-38-40-41-43-45-47-49-52-55-58-61-64-67-70-76(79)82-73-74(72-81-75(78)69-66-63-60-57-54-51-24-21-18-15-12-9-6-3)83-77(80)71-68-65-62-59-56-53-50-48-46-44-42-39-36-34-32-30-28-26-23-20-17-14-11-8-5-2/h8-9,11-12,17-18,20-21,26,28,32,34,51,54,74H,4-7,10,13-16,19,22-25,27,29-31,33,35-50,52-53,55-73H2,1-3H3/b11-8-,12-9-,20-17-,21-18-,28-26-,34-32-,54-51-. The first-order chi connectivity index (χ1) is 41.0. The fraction of sp³-hybridized carbons (Fsp3) is 0.779. The van der Waals surface area contributed by atoms with E-state index in [2.05, 4.69) is 106 Å². The molecule has 0 saturated heterocycles. The molecule has 0 bridgehead atoms. The average Bonchev–Trinajstić information content (AvgIpc) is 3.49. The van der Waals surface area contributed by atoms with E-state index < -0.39 is 6.10 Å². The van der Waals surface area contributed by atoms with E-state index in [9.17, 15) is 14.4 Å². The van der Waals surface area contributed by atoms with Gasteiger partial charge in [-0.1, -0.05) is 343 Å². The van der Waals surface area contributed by atoms with Crippen LogP contribution in [0.1, 0.15) is 367 Å². The Balaban J connectivity index is 4.24. The second kappa shape index (κ2) is 71.1. The summed E-state index contributed by atoms with van der Waals surface area (Å²) in [5, 5.41) is 0. The summed E-state index contributed by atoms with van der Waals surface area (Å²) in [6.45, 7) is 6.44. The van der Waals surface area contributed by atoms with Crippen molar-refractivity contribution in [2.75, 3.05) is 13.2 Å². The Hall–Kier alpha value is -3.41. The van der Waals surface area contributed by atoms with Crippen molar-refractivity contribution < 1.29 is 28.6 Å². The molecule has 0 heterocycles. The Morgan fingerprint density at radius 1 is 0.253 bits per heavy atom. The van der Waals surface area contributed by atoms with Crippen LogP contribution in [0.5, 0.6) is 0 Å². The molecule has 0 amide bonds. The lowest BCUT2D eigenvalue weighted by atomic mass is 10.0. The first-order valence-electron chi connectivity index (χ1n) is 36.1. The Morgan fingerprint density at radius 2 is 0.470 bits per heavy atom. The van der Waals surface area contributed by atoms with Crippen molar-refractivity contribution in [1.82, 2.24) is 0 Å². The molecule has 0 aliphatic heterocycles. The van der Waals surface area contributed by atoms with E-state index in [0.29, 0.717) is 19.3 Å². The van der Waals surface area contributed by atoms with Gasteiger partial charge in [0.25, 0.3) is 0 Å². The second-order valence-electron chi connectivity index (χ2n) is 24.1. The predicted octanol–water partition coefficient (Wildman–Crippen LogP) is 25.0. The molecule has 480 valence electrons. The highest BCUT2D eigenvalue weighted by molar-refractivity contribution is 5.71. The maximum atomic E-state index is 13.0. The topological polar surface area (TPSA) is 78.9 Å². The Morgan fingerprint density at radius 3 is 0.747 bits per heavy atom. The zero-order valence-corrected chi connectivity index (χ0v) is 55.2. The first kappa shape index (κ1) is 79.6. The zero-order valence-electron chi connectivity index (χ0n) is 55.2. The summed E-state index contributed by atoms with van der Waals surface area (Å²) in [4.78, 5) is 38.4. The van der Waals surface area contributed by atoms with E-state index in [1.165, 1.54) is 218 Å². The van der Waals surface area contributed by atoms with Gasteiger partial charge < -0.3 is 14.2 Å². The molecule has 0 aromatic heterocycles. The molecule has 0 N–H and O–H groups in total. The smallest absolute Gasteiger partial charge is 0.306 e. The van der Waals surface area contributed by atoms with Crippen LogP contribution in [0.15, 0.2) is 85.1 Å². The van der Waals surface area contributed by atoms with Gasteiger partial charge in [0, 0.05) is 19.3 Å². The number of hydrogen-bond acceptors (Lipinski definition) is 6. The summed E-state index contributed by atoms with van der Waals surface area (Å²) in [6, 6.07) is 0. The average molecular weight is 1160 g/mol. The van der Waals surface area contributed by atoms with Gasteiger partial charge in [-0.05, 0) is 89.9 Å².